The van der Waals surface area contributed by atoms with Gasteiger partial charge in [0.05, 0.1) is 11.0 Å². The first-order valence-corrected chi connectivity index (χ1v) is 16.9. The quantitative estimate of drug-likeness (QED) is 0.192. The van der Waals surface area contributed by atoms with Crippen LogP contribution in [0, 0.1) is 0 Å². The largest absolute Gasteiger partial charge is 0.456 e. The third-order valence-corrected chi connectivity index (χ3v) is 10.1. The molecular formula is C46H28N2O2. The van der Waals surface area contributed by atoms with E-state index in [0.29, 0.717) is 0 Å². The second-order valence-corrected chi connectivity index (χ2v) is 13.0. The molecule has 0 aliphatic heterocycles. The third-order valence-electron chi connectivity index (χ3n) is 10.1. The summed E-state index contributed by atoms with van der Waals surface area (Å²) in [5.41, 5.74) is 10.0. The zero-order valence-electron chi connectivity index (χ0n) is 26.9. The number of hydrogen-bond acceptors (Lipinski definition) is 3. The average molecular weight is 641 g/mol. The summed E-state index contributed by atoms with van der Waals surface area (Å²) >= 11 is 0. The van der Waals surface area contributed by atoms with Gasteiger partial charge in [0.1, 0.15) is 22.3 Å². The summed E-state index contributed by atoms with van der Waals surface area (Å²) in [7, 11) is 0. The summed E-state index contributed by atoms with van der Waals surface area (Å²) in [4.78, 5) is 2.28. The number of rotatable bonds is 4. The van der Waals surface area contributed by atoms with Crippen LogP contribution in [0.15, 0.2) is 179 Å². The van der Waals surface area contributed by atoms with Crippen LogP contribution in [-0.4, -0.2) is 4.57 Å². The molecule has 50 heavy (non-hydrogen) atoms. The van der Waals surface area contributed by atoms with Crippen LogP contribution in [0.1, 0.15) is 0 Å². The van der Waals surface area contributed by atoms with Crippen molar-refractivity contribution >= 4 is 93.5 Å². The van der Waals surface area contributed by atoms with Gasteiger partial charge in [-0.2, -0.15) is 0 Å². The molecule has 0 N–H and O–H groups in total. The van der Waals surface area contributed by atoms with Gasteiger partial charge in [-0.1, -0.05) is 78.9 Å². The summed E-state index contributed by atoms with van der Waals surface area (Å²) in [6, 6.07) is 60.2. The first-order chi connectivity index (χ1) is 24.8. The zero-order chi connectivity index (χ0) is 32.8. The average Bonchev–Trinajstić information content (AvgIpc) is 3.83. The number of anilines is 3. The lowest BCUT2D eigenvalue weighted by molar-refractivity contribution is 0.669. The maximum Gasteiger partial charge on any atom is 0.137 e. The van der Waals surface area contributed by atoms with Gasteiger partial charge < -0.3 is 18.3 Å². The highest BCUT2D eigenvalue weighted by molar-refractivity contribution is 6.14. The minimum absolute atomic E-state index is 0.854. The Balaban J connectivity index is 1.10. The molecule has 0 radical (unpaired) electrons. The van der Waals surface area contributed by atoms with E-state index in [2.05, 4.69) is 155 Å². The molecule has 0 spiro atoms. The Kier molecular flexibility index (Phi) is 5.63. The van der Waals surface area contributed by atoms with Gasteiger partial charge in [0.2, 0.25) is 0 Å². The van der Waals surface area contributed by atoms with Gasteiger partial charge in [-0.25, -0.2) is 0 Å². The molecule has 11 aromatic rings. The molecule has 0 unspecified atom stereocenters. The van der Waals surface area contributed by atoms with E-state index in [1.807, 2.05) is 24.3 Å². The minimum Gasteiger partial charge on any atom is -0.456 e. The van der Waals surface area contributed by atoms with Gasteiger partial charge in [0.15, 0.2) is 0 Å². The highest BCUT2D eigenvalue weighted by Crippen LogP contribution is 2.42. The predicted octanol–water partition coefficient (Wildman–Crippen LogP) is 13.2. The van der Waals surface area contributed by atoms with Gasteiger partial charge in [-0.3, -0.25) is 0 Å². The van der Waals surface area contributed by atoms with Crippen LogP contribution in [-0.2, 0) is 0 Å². The number of fused-ring (bicyclic) bond motifs is 10. The van der Waals surface area contributed by atoms with E-state index in [1.165, 1.54) is 32.6 Å². The maximum atomic E-state index is 6.36. The molecule has 0 amide bonds. The van der Waals surface area contributed by atoms with Gasteiger partial charge in [-0.15, -0.1) is 0 Å². The van der Waals surface area contributed by atoms with E-state index in [9.17, 15) is 0 Å². The van der Waals surface area contributed by atoms with Gasteiger partial charge in [0, 0.05) is 67.2 Å². The lowest BCUT2D eigenvalue weighted by Crippen LogP contribution is -2.10. The standard InChI is InChI=1S/C46H28N2O2/c1-2-10-30-26-42-40(25-29(30)9-1)35-11-3-6-14-41(35)48(42)32-19-17-31(18-20-32)47(33-21-23-38-36-12-4-7-15-43(36)49-45(38)27-33)34-22-24-39-37-13-5-8-16-44(37)50-46(39)28-34/h1-28H. The van der Waals surface area contributed by atoms with E-state index in [1.54, 1.807) is 0 Å². The first kappa shape index (κ1) is 27.2. The van der Waals surface area contributed by atoms with Crippen LogP contribution in [0.25, 0.3) is 82.1 Å². The fourth-order valence-corrected chi connectivity index (χ4v) is 7.84. The summed E-state index contributed by atoms with van der Waals surface area (Å²) in [5, 5.41) is 9.42. The maximum absolute atomic E-state index is 6.36. The zero-order valence-corrected chi connectivity index (χ0v) is 26.9. The van der Waals surface area contributed by atoms with Crippen LogP contribution in [0.4, 0.5) is 17.1 Å². The van der Waals surface area contributed by atoms with E-state index in [0.717, 1.165) is 66.6 Å². The fourth-order valence-electron chi connectivity index (χ4n) is 7.84. The van der Waals surface area contributed by atoms with Crippen molar-refractivity contribution in [3.8, 4) is 5.69 Å². The summed E-state index contributed by atoms with van der Waals surface area (Å²) in [6.45, 7) is 0. The molecule has 0 fully saturated rings. The van der Waals surface area contributed by atoms with Crippen LogP contribution in [0.3, 0.4) is 0 Å². The molecule has 0 saturated carbocycles. The van der Waals surface area contributed by atoms with Crippen molar-refractivity contribution in [1.29, 1.82) is 0 Å². The number of furan rings is 2. The van der Waals surface area contributed by atoms with Crippen LogP contribution in [0.5, 0.6) is 0 Å². The predicted molar refractivity (Wildman–Crippen MR) is 208 cm³/mol. The smallest absolute Gasteiger partial charge is 0.137 e. The van der Waals surface area contributed by atoms with Gasteiger partial charge in [-0.05, 0) is 89.6 Å². The highest BCUT2D eigenvalue weighted by atomic mass is 16.3. The van der Waals surface area contributed by atoms with Gasteiger partial charge >= 0.3 is 0 Å². The SMILES string of the molecule is c1ccc2cc3c(cc2c1)c1ccccc1n3-c1ccc(N(c2ccc3c(c2)oc2ccccc23)c2ccc3c(c2)oc2ccccc23)cc1. The number of aromatic nitrogens is 1. The molecule has 0 aliphatic rings. The van der Waals surface area contributed by atoms with Crippen LogP contribution in [0.2, 0.25) is 0 Å². The van der Waals surface area contributed by atoms with E-state index in [4.69, 9.17) is 8.83 Å². The van der Waals surface area contributed by atoms with Crippen molar-refractivity contribution in [2.45, 2.75) is 0 Å². The summed E-state index contributed by atoms with van der Waals surface area (Å²) in [6.07, 6.45) is 0. The number of benzene rings is 8. The Hall–Kier alpha value is -6.78. The Morgan fingerprint density at radius 2 is 0.840 bits per heavy atom. The Labute approximate surface area is 286 Å². The molecule has 4 heteroatoms. The van der Waals surface area contributed by atoms with Crippen LogP contribution < -0.4 is 4.90 Å². The molecule has 0 atom stereocenters. The Morgan fingerprint density at radius 1 is 0.340 bits per heavy atom. The van der Waals surface area contributed by atoms with Crippen molar-refractivity contribution in [1.82, 2.24) is 4.57 Å². The molecule has 0 aliphatic carbocycles. The normalized spacial score (nSPS) is 12.0. The molecule has 3 heterocycles. The van der Waals surface area contributed by atoms with E-state index >= 15 is 0 Å². The summed E-state index contributed by atoms with van der Waals surface area (Å²) in [5.74, 6) is 0. The number of para-hydroxylation sites is 3. The lowest BCUT2D eigenvalue weighted by atomic mass is 10.1. The molecule has 11 rings (SSSR count). The van der Waals surface area contributed by atoms with Crippen molar-refractivity contribution < 1.29 is 8.83 Å². The topological polar surface area (TPSA) is 34.5 Å². The first-order valence-electron chi connectivity index (χ1n) is 16.9. The van der Waals surface area contributed by atoms with Crippen molar-refractivity contribution in [2.75, 3.05) is 4.90 Å². The number of hydrogen-bond donors (Lipinski definition) is 0. The van der Waals surface area contributed by atoms with Crippen molar-refractivity contribution in [3.63, 3.8) is 0 Å². The van der Waals surface area contributed by atoms with Crippen LogP contribution >= 0.6 is 0 Å². The molecule has 8 aromatic carbocycles. The van der Waals surface area contributed by atoms with E-state index in [-0.39, 0.29) is 0 Å². The monoisotopic (exact) mass is 640 g/mol. The van der Waals surface area contributed by atoms with Crippen molar-refractivity contribution in [2.24, 2.45) is 0 Å². The third kappa shape index (κ3) is 3.99. The molecule has 0 bridgehead atoms. The second kappa shape index (κ2) is 10.4. The second-order valence-electron chi connectivity index (χ2n) is 13.0. The molecular weight excluding hydrogens is 613 g/mol. The van der Waals surface area contributed by atoms with E-state index < -0.39 is 0 Å². The molecule has 4 nitrogen and oxygen atoms in total. The molecule has 234 valence electrons. The Bertz CT molecular complexity index is 2990. The molecule has 0 saturated heterocycles. The van der Waals surface area contributed by atoms with Gasteiger partial charge in [0.25, 0.3) is 0 Å². The summed E-state index contributed by atoms with van der Waals surface area (Å²) < 4.78 is 15.1. The molecule has 3 aromatic heterocycles. The minimum atomic E-state index is 0.854. The number of nitrogens with zero attached hydrogens (tertiary/aromatic N) is 2. The fraction of sp³-hybridized carbons (Fsp3) is 0. The Morgan fingerprint density at radius 3 is 1.48 bits per heavy atom. The lowest BCUT2D eigenvalue weighted by Gasteiger charge is -2.25. The van der Waals surface area contributed by atoms with Crippen molar-refractivity contribution in [3.05, 3.63) is 170 Å². The highest BCUT2D eigenvalue weighted by Gasteiger charge is 2.19.